The molecule has 104 valence electrons. The van der Waals surface area contributed by atoms with Crippen LogP contribution in [0.5, 0.6) is 5.75 Å². The topological polar surface area (TPSA) is 46.5 Å². The Bertz CT molecular complexity index is 467. The molecule has 1 aromatic rings. The highest BCUT2D eigenvalue weighted by atomic mass is 16.5. The predicted octanol–water partition coefficient (Wildman–Crippen LogP) is 3.90. The number of carboxylic acid groups (broad SMARTS) is 1. The van der Waals surface area contributed by atoms with Crippen molar-refractivity contribution in [1.82, 2.24) is 0 Å². The highest BCUT2D eigenvalue weighted by Gasteiger charge is 2.27. The summed E-state index contributed by atoms with van der Waals surface area (Å²) in [6, 6.07) is 5.27. The van der Waals surface area contributed by atoms with E-state index in [4.69, 9.17) is 4.74 Å². The highest BCUT2D eigenvalue weighted by Crippen LogP contribution is 2.33. The lowest BCUT2D eigenvalue weighted by Crippen LogP contribution is -2.29. The summed E-state index contributed by atoms with van der Waals surface area (Å²) in [5.41, 5.74) is 1.16. The van der Waals surface area contributed by atoms with Crippen molar-refractivity contribution >= 4 is 5.97 Å². The molecule has 1 fully saturated rings. The third kappa shape index (κ3) is 3.09. The van der Waals surface area contributed by atoms with E-state index in [0.717, 1.165) is 30.7 Å². The molecule has 0 bridgehead atoms. The van der Waals surface area contributed by atoms with E-state index >= 15 is 0 Å². The number of hydrogen-bond donors (Lipinski definition) is 1. The Balaban J connectivity index is 2.17. The summed E-state index contributed by atoms with van der Waals surface area (Å²) in [6.45, 7) is 6.42. The van der Waals surface area contributed by atoms with E-state index in [1.54, 1.807) is 12.1 Å². The maximum Gasteiger partial charge on any atom is 0.339 e. The van der Waals surface area contributed by atoms with Gasteiger partial charge < -0.3 is 9.84 Å². The van der Waals surface area contributed by atoms with E-state index in [9.17, 15) is 9.90 Å². The summed E-state index contributed by atoms with van der Waals surface area (Å²) in [5.74, 6) is 0.990. The molecule has 1 aliphatic rings. The Hall–Kier alpha value is -1.51. The third-order valence-corrected chi connectivity index (χ3v) is 4.28. The van der Waals surface area contributed by atoms with Crippen LogP contribution < -0.4 is 4.74 Å². The van der Waals surface area contributed by atoms with E-state index in [0.29, 0.717) is 11.7 Å². The van der Waals surface area contributed by atoms with E-state index in [1.165, 1.54) is 0 Å². The Morgan fingerprint density at radius 1 is 1.26 bits per heavy atom. The molecule has 1 saturated carbocycles. The van der Waals surface area contributed by atoms with Gasteiger partial charge >= 0.3 is 5.97 Å². The van der Waals surface area contributed by atoms with Gasteiger partial charge in [-0.05, 0) is 49.7 Å². The number of benzene rings is 1. The SMILES string of the molecule is Cc1cccc(C(=O)O)c1OC1CCC(C)C(C)C1. The van der Waals surface area contributed by atoms with Crippen molar-refractivity contribution in [2.75, 3.05) is 0 Å². The minimum atomic E-state index is -0.920. The summed E-state index contributed by atoms with van der Waals surface area (Å²) in [7, 11) is 0. The van der Waals surface area contributed by atoms with Gasteiger partial charge in [0.05, 0.1) is 6.10 Å². The van der Waals surface area contributed by atoms with Crippen molar-refractivity contribution in [3.63, 3.8) is 0 Å². The highest BCUT2D eigenvalue weighted by molar-refractivity contribution is 5.91. The molecule has 1 N–H and O–H groups in total. The van der Waals surface area contributed by atoms with Gasteiger partial charge in [-0.2, -0.15) is 0 Å². The minimum absolute atomic E-state index is 0.144. The second-order valence-corrected chi connectivity index (χ2v) is 5.76. The average molecular weight is 262 g/mol. The number of carboxylic acids is 1. The van der Waals surface area contributed by atoms with Crippen LogP contribution in [-0.4, -0.2) is 17.2 Å². The number of carbonyl (C=O) groups is 1. The second kappa shape index (κ2) is 5.64. The zero-order valence-electron chi connectivity index (χ0n) is 11.8. The Labute approximate surface area is 114 Å². The molecule has 0 saturated heterocycles. The molecular formula is C16H22O3. The fourth-order valence-corrected chi connectivity index (χ4v) is 2.75. The van der Waals surface area contributed by atoms with Gasteiger partial charge in [0, 0.05) is 0 Å². The molecule has 1 aromatic carbocycles. The molecule has 1 aliphatic carbocycles. The normalized spacial score (nSPS) is 27.0. The zero-order chi connectivity index (χ0) is 14.0. The summed E-state index contributed by atoms with van der Waals surface area (Å²) in [5, 5.41) is 9.23. The lowest BCUT2D eigenvalue weighted by molar-refractivity contribution is 0.0674. The number of rotatable bonds is 3. The Morgan fingerprint density at radius 3 is 2.63 bits per heavy atom. The maximum absolute atomic E-state index is 11.3. The Kier molecular flexibility index (Phi) is 4.13. The van der Waals surface area contributed by atoms with Crippen LogP contribution in [0, 0.1) is 18.8 Å². The summed E-state index contributed by atoms with van der Waals surface area (Å²) in [4.78, 5) is 11.3. The van der Waals surface area contributed by atoms with Gasteiger partial charge in [-0.3, -0.25) is 0 Å². The van der Waals surface area contributed by atoms with Gasteiger partial charge in [-0.15, -0.1) is 0 Å². The molecule has 3 nitrogen and oxygen atoms in total. The number of aromatic carboxylic acids is 1. The average Bonchev–Trinajstić information content (AvgIpc) is 2.36. The molecule has 0 radical (unpaired) electrons. The lowest BCUT2D eigenvalue weighted by Gasteiger charge is -2.32. The quantitative estimate of drug-likeness (QED) is 0.898. The monoisotopic (exact) mass is 262 g/mol. The lowest BCUT2D eigenvalue weighted by atomic mass is 9.80. The van der Waals surface area contributed by atoms with E-state index in [1.807, 2.05) is 13.0 Å². The molecule has 3 atom stereocenters. The van der Waals surface area contributed by atoms with Crippen LogP contribution >= 0.6 is 0 Å². The number of ether oxygens (including phenoxy) is 1. The molecular weight excluding hydrogens is 240 g/mol. The van der Waals surface area contributed by atoms with Crippen LogP contribution in [0.1, 0.15) is 49.0 Å². The summed E-state index contributed by atoms with van der Waals surface area (Å²) < 4.78 is 6.02. The predicted molar refractivity (Wildman–Crippen MR) is 74.7 cm³/mol. The summed E-state index contributed by atoms with van der Waals surface area (Å²) >= 11 is 0. The van der Waals surface area contributed by atoms with Gasteiger partial charge in [-0.25, -0.2) is 4.79 Å². The van der Waals surface area contributed by atoms with E-state index in [-0.39, 0.29) is 11.7 Å². The molecule has 0 aromatic heterocycles. The summed E-state index contributed by atoms with van der Waals surface area (Å²) in [6.07, 6.45) is 3.32. The number of para-hydroxylation sites is 1. The maximum atomic E-state index is 11.3. The third-order valence-electron chi connectivity index (χ3n) is 4.28. The van der Waals surface area contributed by atoms with Crippen molar-refractivity contribution in [3.05, 3.63) is 29.3 Å². The van der Waals surface area contributed by atoms with Gasteiger partial charge in [0.25, 0.3) is 0 Å². The molecule has 0 heterocycles. The fraction of sp³-hybridized carbons (Fsp3) is 0.562. The first-order chi connectivity index (χ1) is 8.99. The minimum Gasteiger partial charge on any atom is -0.489 e. The van der Waals surface area contributed by atoms with Crippen molar-refractivity contribution in [2.45, 2.75) is 46.1 Å². The smallest absolute Gasteiger partial charge is 0.339 e. The molecule has 2 rings (SSSR count). The van der Waals surface area contributed by atoms with Crippen LogP contribution in [0.3, 0.4) is 0 Å². The van der Waals surface area contributed by atoms with Crippen molar-refractivity contribution in [3.8, 4) is 5.75 Å². The van der Waals surface area contributed by atoms with Gasteiger partial charge in [-0.1, -0.05) is 26.0 Å². The molecule has 3 heteroatoms. The number of aryl methyl sites for hydroxylation is 1. The Morgan fingerprint density at radius 2 is 2.00 bits per heavy atom. The van der Waals surface area contributed by atoms with E-state index in [2.05, 4.69) is 13.8 Å². The first kappa shape index (κ1) is 13.9. The van der Waals surface area contributed by atoms with Crippen LogP contribution in [0.4, 0.5) is 0 Å². The molecule has 3 unspecified atom stereocenters. The molecule has 0 spiro atoms. The van der Waals surface area contributed by atoms with Gasteiger partial charge in [0.2, 0.25) is 0 Å². The van der Waals surface area contributed by atoms with Crippen LogP contribution in [-0.2, 0) is 0 Å². The van der Waals surface area contributed by atoms with Crippen LogP contribution in [0.25, 0.3) is 0 Å². The fourth-order valence-electron chi connectivity index (χ4n) is 2.75. The second-order valence-electron chi connectivity index (χ2n) is 5.76. The van der Waals surface area contributed by atoms with Gasteiger partial charge in [0.15, 0.2) is 0 Å². The van der Waals surface area contributed by atoms with Crippen molar-refractivity contribution in [1.29, 1.82) is 0 Å². The standard InChI is InChI=1S/C16H22O3/c1-10-7-8-13(9-12(10)3)19-15-11(2)5-4-6-14(15)16(17)18/h4-6,10,12-13H,7-9H2,1-3H3,(H,17,18). The molecule has 0 amide bonds. The van der Waals surface area contributed by atoms with Crippen molar-refractivity contribution in [2.24, 2.45) is 11.8 Å². The van der Waals surface area contributed by atoms with E-state index < -0.39 is 5.97 Å². The largest absolute Gasteiger partial charge is 0.489 e. The van der Waals surface area contributed by atoms with Crippen LogP contribution in [0.2, 0.25) is 0 Å². The first-order valence-corrected chi connectivity index (χ1v) is 6.98. The number of hydrogen-bond acceptors (Lipinski definition) is 2. The van der Waals surface area contributed by atoms with Crippen LogP contribution in [0.15, 0.2) is 18.2 Å². The molecule has 0 aliphatic heterocycles. The molecule has 19 heavy (non-hydrogen) atoms. The van der Waals surface area contributed by atoms with Gasteiger partial charge in [0.1, 0.15) is 11.3 Å². The first-order valence-electron chi connectivity index (χ1n) is 6.98. The zero-order valence-corrected chi connectivity index (χ0v) is 11.8. The van der Waals surface area contributed by atoms with Crippen molar-refractivity contribution < 1.29 is 14.6 Å².